The number of nitrogens with zero attached hydrogens (tertiary/aromatic N) is 1. The van der Waals surface area contributed by atoms with Crippen molar-refractivity contribution in [2.24, 2.45) is 0 Å². The summed E-state index contributed by atoms with van der Waals surface area (Å²) in [6.07, 6.45) is 0. The van der Waals surface area contributed by atoms with E-state index in [1.165, 1.54) is 21.8 Å². The Morgan fingerprint density at radius 1 is 1.08 bits per heavy atom. The van der Waals surface area contributed by atoms with Crippen molar-refractivity contribution >= 4 is 33.5 Å². The SMILES string of the molecule is CNCCNC(=O)Nc1ccc2c(c1C)c1ccccc1n2C(C)C. The van der Waals surface area contributed by atoms with Gasteiger partial charge in [-0.25, -0.2) is 4.79 Å². The molecule has 0 atom stereocenters. The fraction of sp³-hybridized carbons (Fsp3) is 0.350. The Kier molecular flexibility index (Phi) is 4.95. The molecule has 2 aromatic carbocycles. The Balaban J connectivity index is 2.05. The quantitative estimate of drug-likeness (QED) is 0.615. The molecule has 0 aliphatic rings. The monoisotopic (exact) mass is 338 g/mol. The van der Waals surface area contributed by atoms with Gasteiger partial charge in [0, 0.05) is 46.6 Å². The standard InChI is InChI=1S/C20H26N4O/c1-13(2)24-17-8-6-5-7-15(17)19-14(3)16(9-10-18(19)24)23-20(25)22-12-11-21-4/h5-10,13,21H,11-12H2,1-4H3,(H2,22,23,25). The van der Waals surface area contributed by atoms with Gasteiger partial charge in [-0.2, -0.15) is 0 Å². The highest BCUT2D eigenvalue weighted by molar-refractivity contribution is 6.12. The van der Waals surface area contributed by atoms with Crippen LogP contribution >= 0.6 is 0 Å². The average molecular weight is 338 g/mol. The highest BCUT2D eigenvalue weighted by Gasteiger charge is 2.16. The van der Waals surface area contributed by atoms with Gasteiger partial charge >= 0.3 is 6.03 Å². The molecule has 0 saturated carbocycles. The molecule has 1 heterocycles. The van der Waals surface area contributed by atoms with Crippen LogP contribution < -0.4 is 16.0 Å². The number of nitrogens with one attached hydrogen (secondary N) is 3. The highest BCUT2D eigenvalue weighted by Crippen LogP contribution is 2.36. The maximum Gasteiger partial charge on any atom is 0.319 e. The molecule has 0 bridgehead atoms. The molecule has 0 spiro atoms. The lowest BCUT2D eigenvalue weighted by Gasteiger charge is -2.13. The number of hydrogen-bond acceptors (Lipinski definition) is 2. The molecule has 1 aromatic heterocycles. The summed E-state index contributed by atoms with van der Waals surface area (Å²) in [6, 6.07) is 12.7. The first kappa shape index (κ1) is 17.3. The van der Waals surface area contributed by atoms with Crippen LogP contribution in [0.2, 0.25) is 0 Å². The van der Waals surface area contributed by atoms with Gasteiger partial charge in [0.05, 0.1) is 0 Å². The number of rotatable bonds is 5. The van der Waals surface area contributed by atoms with Crippen LogP contribution in [0.15, 0.2) is 36.4 Å². The minimum atomic E-state index is -0.176. The Hall–Kier alpha value is -2.53. The third kappa shape index (κ3) is 3.20. The molecule has 0 unspecified atom stereocenters. The van der Waals surface area contributed by atoms with E-state index in [-0.39, 0.29) is 6.03 Å². The van der Waals surface area contributed by atoms with Crippen LogP contribution in [0.3, 0.4) is 0 Å². The van der Waals surface area contributed by atoms with E-state index in [1.54, 1.807) is 0 Å². The lowest BCUT2D eigenvalue weighted by Crippen LogP contribution is -2.33. The molecule has 3 rings (SSSR count). The minimum absolute atomic E-state index is 0.176. The summed E-state index contributed by atoms with van der Waals surface area (Å²) < 4.78 is 2.36. The molecule has 2 amide bonds. The fourth-order valence-corrected chi connectivity index (χ4v) is 3.42. The second-order valence-electron chi connectivity index (χ2n) is 6.60. The lowest BCUT2D eigenvalue weighted by atomic mass is 10.1. The second-order valence-corrected chi connectivity index (χ2v) is 6.60. The molecule has 0 radical (unpaired) electrons. The number of benzene rings is 2. The van der Waals surface area contributed by atoms with Crippen LogP contribution in [0.4, 0.5) is 10.5 Å². The van der Waals surface area contributed by atoms with E-state index in [9.17, 15) is 4.79 Å². The van der Waals surface area contributed by atoms with Gasteiger partial charge < -0.3 is 20.5 Å². The molecule has 0 fully saturated rings. The first-order valence-electron chi connectivity index (χ1n) is 8.76. The van der Waals surface area contributed by atoms with Crippen molar-refractivity contribution in [3.63, 3.8) is 0 Å². The van der Waals surface area contributed by atoms with E-state index in [0.29, 0.717) is 12.6 Å². The number of carbonyl (C=O) groups excluding carboxylic acids is 1. The maximum absolute atomic E-state index is 12.1. The smallest absolute Gasteiger partial charge is 0.319 e. The van der Waals surface area contributed by atoms with E-state index in [4.69, 9.17) is 0 Å². The van der Waals surface area contributed by atoms with Gasteiger partial charge in [-0.1, -0.05) is 18.2 Å². The van der Waals surface area contributed by atoms with Crippen molar-refractivity contribution in [2.45, 2.75) is 26.8 Å². The Labute approximate surface area is 148 Å². The summed E-state index contributed by atoms with van der Waals surface area (Å²) in [6.45, 7) is 7.80. The van der Waals surface area contributed by atoms with E-state index < -0.39 is 0 Å². The molecular formula is C20H26N4O. The minimum Gasteiger partial charge on any atom is -0.338 e. The van der Waals surface area contributed by atoms with E-state index in [0.717, 1.165) is 17.8 Å². The van der Waals surface area contributed by atoms with Crippen LogP contribution in [0.1, 0.15) is 25.5 Å². The average Bonchev–Trinajstić information content (AvgIpc) is 2.92. The number of amides is 2. The van der Waals surface area contributed by atoms with E-state index in [2.05, 4.69) is 71.6 Å². The first-order valence-corrected chi connectivity index (χ1v) is 8.76. The Morgan fingerprint density at radius 3 is 2.56 bits per heavy atom. The van der Waals surface area contributed by atoms with Gasteiger partial charge in [-0.05, 0) is 51.6 Å². The topological polar surface area (TPSA) is 58.1 Å². The molecule has 25 heavy (non-hydrogen) atoms. The number of aryl methyl sites for hydroxylation is 1. The van der Waals surface area contributed by atoms with Crippen LogP contribution in [0.5, 0.6) is 0 Å². The van der Waals surface area contributed by atoms with Gasteiger partial charge in [0.15, 0.2) is 0 Å². The van der Waals surface area contributed by atoms with Crippen molar-refractivity contribution in [1.82, 2.24) is 15.2 Å². The van der Waals surface area contributed by atoms with Crippen molar-refractivity contribution < 1.29 is 4.79 Å². The van der Waals surface area contributed by atoms with Crippen LogP contribution in [0.25, 0.3) is 21.8 Å². The number of para-hydroxylation sites is 1. The highest BCUT2D eigenvalue weighted by atomic mass is 16.2. The van der Waals surface area contributed by atoms with Crippen LogP contribution in [0, 0.1) is 6.92 Å². The molecule has 3 aromatic rings. The molecule has 0 saturated heterocycles. The summed E-state index contributed by atoms with van der Waals surface area (Å²) >= 11 is 0. The van der Waals surface area contributed by atoms with Gasteiger partial charge in [0.2, 0.25) is 0 Å². The largest absolute Gasteiger partial charge is 0.338 e. The van der Waals surface area contributed by atoms with Gasteiger partial charge in [0.25, 0.3) is 0 Å². The van der Waals surface area contributed by atoms with Crippen molar-refractivity contribution in [3.05, 3.63) is 42.0 Å². The van der Waals surface area contributed by atoms with Crippen LogP contribution in [-0.4, -0.2) is 30.7 Å². The summed E-state index contributed by atoms with van der Waals surface area (Å²) in [7, 11) is 1.86. The molecule has 0 aliphatic heterocycles. The number of anilines is 1. The number of urea groups is 1. The predicted molar refractivity (Wildman–Crippen MR) is 106 cm³/mol. The normalized spacial score (nSPS) is 11.4. The first-order chi connectivity index (χ1) is 12.0. The number of aromatic nitrogens is 1. The molecule has 132 valence electrons. The summed E-state index contributed by atoms with van der Waals surface area (Å²) in [5, 5.41) is 11.3. The third-order valence-electron chi connectivity index (χ3n) is 4.56. The maximum atomic E-state index is 12.1. The van der Waals surface area contributed by atoms with Crippen LogP contribution in [-0.2, 0) is 0 Å². The van der Waals surface area contributed by atoms with Crippen molar-refractivity contribution in [1.29, 1.82) is 0 Å². The summed E-state index contributed by atoms with van der Waals surface area (Å²) in [4.78, 5) is 12.1. The van der Waals surface area contributed by atoms with E-state index >= 15 is 0 Å². The lowest BCUT2D eigenvalue weighted by molar-refractivity contribution is 0.252. The molecule has 0 aliphatic carbocycles. The third-order valence-corrected chi connectivity index (χ3v) is 4.56. The number of carbonyl (C=O) groups is 1. The van der Waals surface area contributed by atoms with Crippen molar-refractivity contribution in [3.8, 4) is 0 Å². The Bertz CT molecular complexity index is 911. The number of hydrogen-bond donors (Lipinski definition) is 3. The zero-order chi connectivity index (χ0) is 18.0. The molecule has 3 N–H and O–H groups in total. The van der Waals surface area contributed by atoms with E-state index in [1.807, 2.05) is 13.1 Å². The zero-order valence-corrected chi connectivity index (χ0v) is 15.3. The van der Waals surface area contributed by atoms with Gasteiger partial charge in [0.1, 0.15) is 0 Å². The Morgan fingerprint density at radius 2 is 1.84 bits per heavy atom. The predicted octanol–water partition coefficient (Wildman–Crippen LogP) is 4.02. The van der Waals surface area contributed by atoms with Gasteiger partial charge in [-0.15, -0.1) is 0 Å². The number of likely N-dealkylation sites (N-methyl/N-ethyl adjacent to an activating group) is 1. The summed E-state index contributed by atoms with van der Waals surface area (Å²) in [5.74, 6) is 0. The summed E-state index contributed by atoms with van der Waals surface area (Å²) in [5.41, 5.74) is 4.37. The fourth-order valence-electron chi connectivity index (χ4n) is 3.42. The second kappa shape index (κ2) is 7.15. The molecular weight excluding hydrogens is 312 g/mol. The zero-order valence-electron chi connectivity index (χ0n) is 15.3. The molecule has 5 nitrogen and oxygen atoms in total. The van der Waals surface area contributed by atoms with Crippen molar-refractivity contribution in [2.75, 3.05) is 25.5 Å². The number of fused-ring (bicyclic) bond motifs is 3. The molecule has 5 heteroatoms. The van der Waals surface area contributed by atoms with Gasteiger partial charge in [-0.3, -0.25) is 0 Å².